The highest BCUT2D eigenvalue weighted by Gasteiger charge is 2.14. The molecule has 0 aliphatic rings. The fourth-order valence-electron chi connectivity index (χ4n) is 1.79. The summed E-state index contributed by atoms with van der Waals surface area (Å²) >= 11 is 0. The number of rotatable bonds is 6. The topological polar surface area (TPSA) is 59.3 Å². The van der Waals surface area contributed by atoms with E-state index in [1.165, 1.54) is 0 Å². The van der Waals surface area contributed by atoms with Gasteiger partial charge < -0.3 is 9.73 Å². The Kier molecular flexibility index (Phi) is 4.39. The van der Waals surface area contributed by atoms with Gasteiger partial charge in [0.2, 0.25) is 0 Å². The van der Waals surface area contributed by atoms with E-state index in [1.54, 1.807) is 36.6 Å². The molecule has 1 aromatic heterocycles. The van der Waals surface area contributed by atoms with Gasteiger partial charge in [-0.2, -0.15) is 0 Å². The van der Waals surface area contributed by atoms with Crippen molar-refractivity contribution in [3.63, 3.8) is 0 Å². The Morgan fingerprint density at radius 2 is 1.89 bits per heavy atom. The Labute approximate surface area is 113 Å². The van der Waals surface area contributed by atoms with E-state index in [0.717, 1.165) is 5.76 Å². The predicted molar refractivity (Wildman–Crippen MR) is 73.6 cm³/mol. The van der Waals surface area contributed by atoms with Crippen molar-refractivity contribution in [2.45, 2.75) is 17.9 Å². The smallest absolute Gasteiger partial charge is 0.179 e. The second-order valence-electron chi connectivity index (χ2n) is 4.32. The van der Waals surface area contributed by atoms with Gasteiger partial charge in [0.1, 0.15) is 5.76 Å². The van der Waals surface area contributed by atoms with Crippen LogP contribution in [0.1, 0.15) is 18.7 Å². The van der Waals surface area contributed by atoms with Crippen molar-refractivity contribution < 1.29 is 12.8 Å². The van der Waals surface area contributed by atoms with Crippen LogP contribution in [0.2, 0.25) is 0 Å². The maximum Gasteiger partial charge on any atom is 0.179 e. The standard InChI is InChI=1S/C14H17NO3S/c1-12(14-8-5-10-18-14)15-9-11-19(16,17)13-6-3-2-4-7-13/h2-8,10,12,15H,9,11H2,1H3. The third kappa shape index (κ3) is 3.68. The fraction of sp³-hybridized carbons (Fsp3) is 0.286. The van der Waals surface area contributed by atoms with Crippen molar-refractivity contribution in [3.8, 4) is 0 Å². The lowest BCUT2D eigenvalue weighted by molar-refractivity contribution is 0.437. The van der Waals surface area contributed by atoms with Gasteiger partial charge in [-0.3, -0.25) is 0 Å². The van der Waals surface area contributed by atoms with Crippen LogP contribution in [0.5, 0.6) is 0 Å². The van der Waals surface area contributed by atoms with Crippen molar-refractivity contribution in [1.29, 1.82) is 0 Å². The van der Waals surface area contributed by atoms with Gasteiger partial charge >= 0.3 is 0 Å². The maximum atomic E-state index is 12.0. The van der Waals surface area contributed by atoms with Crippen molar-refractivity contribution in [2.24, 2.45) is 0 Å². The first-order chi connectivity index (χ1) is 9.09. The van der Waals surface area contributed by atoms with Crippen LogP contribution in [0.3, 0.4) is 0 Å². The number of furan rings is 1. The summed E-state index contributed by atoms with van der Waals surface area (Å²) in [5.74, 6) is 0.874. The van der Waals surface area contributed by atoms with Crippen LogP contribution in [0.25, 0.3) is 0 Å². The Morgan fingerprint density at radius 1 is 1.16 bits per heavy atom. The number of hydrogen-bond acceptors (Lipinski definition) is 4. The minimum absolute atomic E-state index is 0.000901. The van der Waals surface area contributed by atoms with Gasteiger partial charge in [-0.15, -0.1) is 0 Å². The molecule has 0 bridgehead atoms. The molecule has 19 heavy (non-hydrogen) atoms. The van der Waals surface area contributed by atoms with Crippen molar-refractivity contribution in [2.75, 3.05) is 12.3 Å². The lowest BCUT2D eigenvalue weighted by Gasteiger charge is -2.11. The minimum atomic E-state index is -3.22. The summed E-state index contributed by atoms with van der Waals surface area (Å²) in [5, 5.41) is 3.14. The van der Waals surface area contributed by atoms with E-state index in [4.69, 9.17) is 4.42 Å². The molecule has 1 aromatic carbocycles. The second kappa shape index (κ2) is 6.04. The van der Waals surface area contributed by atoms with Crippen LogP contribution in [-0.2, 0) is 9.84 Å². The molecular weight excluding hydrogens is 262 g/mol. The third-order valence-electron chi connectivity index (χ3n) is 2.89. The molecule has 5 heteroatoms. The highest BCUT2D eigenvalue weighted by molar-refractivity contribution is 7.91. The van der Waals surface area contributed by atoms with Gasteiger partial charge in [0, 0.05) is 6.54 Å². The molecule has 1 atom stereocenters. The van der Waals surface area contributed by atoms with Crippen LogP contribution in [-0.4, -0.2) is 20.7 Å². The highest BCUT2D eigenvalue weighted by atomic mass is 32.2. The van der Waals surface area contributed by atoms with Gasteiger partial charge in [-0.25, -0.2) is 8.42 Å². The average molecular weight is 279 g/mol. The van der Waals surface area contributed by atoms with Gasteiger partial charge in [-0.05, 0) is 31.2 Å². The molecule has 1 N–H and O–H groups in total. The molecule has 1 unspecified atom stereocenters. The van der Waals surface area contributed by atoms with E-state index in [2.05, 4.69) is 5.32 Å². The molecule has 0 spiro atoms. The molecule has 0 fully saturated rings. The van der Waals surface area contributed by atoms with Crippen molar-refractivity contribution >= 4 is 9.84 Å². The average Bonchev–Trinajstić information content (AvgIpc) is 2.93. The van der Waals surface area contributed by atoms with E-state index in [9.17, 15) is 8.42 Å². The molecule has 1 heterocycles. The first-order valence-corrected chi connectivity index (χ1v) is 7.79. The first kappa shape index (κ1) is 13.8. The molecule has 0 saturated carbocycles. The van der Waals surface area contributed by atoms with Gasteiger partial charge in [-0.1, -0.05) is 18.2 Å². The van der Waals surface area contributed by atoms with Crippen molar-refractivity contribution in [3.05, 3.63) is 54.5 Å². The molecule has 0 radical (unpaired) electrons. The number of sulfone groups is 1. The van der Waals surface area contributed by atoms with Gasteiger partial charge in [0.05, 0.1) is 23.0 Å². The molecule has 0 aliphatic carbocycles. The summed E-state index contributed by atoms with van der Waals surface area (Å²) < 4.78 is 29.3. The molecule has 2 rings (SSSR count). The zero-order valence-electron chi connectivity index (χ0n) is 10.7. The molecule has 4 nitrogen and oxygen atoms in total. The van der Waals surface area contributed by atoms with Crippen LogP contribution in [0.15, 0.2) is 58.0 Å². The molecule has 0 aliphatic heterocycles. The first-order valence-electron chi connectivity index (χ1n) is 6.14. The Hall–Kier alpha value is -1.59. The fourth-order valence-corrected chi connectivity index (χ4v) is 2.99. The zero-order valence-corrected chi connectivity index (χ0v) is 11.6. The van der Waals surface area contributed by atoms with Gasteiger partial charge in [0.25, 0.3) is 0 Å². The van der Waals surface area contributed by atoms with Crippen LogP contribution in [0, 0.1) is 0 Å². The Morgan fingerprint density at radius 3 is 2.53 bits per heavy atom. The normalized spacial score (nSPS) is 13.3. The van der Waals surface area contributed by atoms with Crippen molar-refractivity contribution in [1.82, 2.24) is 5.32 Å². The number of nitrogens with one attached hydrogen (secondary N) is 1. The monoisotopic (exact) mass is 279 g/mol. The zero-order chi connectivity index (χ0) is 13.7. The van der Waals surface area contributed by atoms with E-state index in [1.807, 2.05) is 19.1 Å². The summed E-state index contributed by atoms with van der Waals surface area (Å²) in [7, 11) is -3.22. The van der Waals surface area contributed by atoms with Crippen LogP contribution in [0.4, 0.5) is 0 Å². The quantitative estimate of drug-likeness (QED) is 0.882. The number of benzene rings is 1. The van der Waals surface area contributed by atoms with E-state index in [-0.39, 0.29) is 11.8 Å². The molecule has 0 amide bonds. The summed E-state index contributed by atoms with van der Waals surface area (Å²) in [4.78, 5) is 0.363. The molecule has 2 aromatic rings. The van der Waals surface area contributed by atoms with E-state index < -0.39 is 9.84 Å². The molecule has 102 valence electrons. The molecule has 0 saturated heterocycles. The largest absolute Gasteiger partial charge is 0.468 e. The lowest BCUT2D eigenvalue weighted by Crippen LogP contribution is -2.25. The second-order valence-corrected chi connectivity index (χ2v) is 6.43. The lowest BCUT2D eigenvalue weighted by atomic mass is 10.2. The molecular formula is C14H17NO3S. The Balaban J connectivity index is 1.89. The number of hydrogen-bond donors (Lipinski definition) is 1. The highest BCUT2D eigenvalue weighted by Crippen LogP contribution is 2.13. The SMILES string of the molecule is CC(NCCS(=O)(=O)c1ccccc1)c1ccco1. The minimum Gasteiger partial charge on any atom is -0.468 e. The summed E-state index contributed by atoms with van der Waals surface area (Å²) in [6.45, 7) is 2.33. The van der Waals surface area contributed by atoms with Gasteiger partial charge in [0.15, 0.2) is 9.84 Å². The summed E-state index contributed by atoms with van der Waals surface area (Å²) in [5.41, 5.74) is 0. The Bertz CT molecular complexity index is 591. The summed E-state index contributed by atoms with van der Waals surface area (Å²) in [6, 6.07) is 12.2. The maximum absolute atomic E-state index is 12.0. The summed E-state index contributed by atoms with van der Waals surface area (Å²) in [6.07, 6.45) is 1.61. The predicted octanol–water partition coefficient (Wildman–Crippen LogP) is 2.40. The van der Waals surface area contributed by atoms with Crippen LogP contribution >= 0.6 is 0 Å². The third-order valence-corrected chi connectivity index (χ3v) is 4.63. The van der Waals surface area contributed by atoms with Crippen LogP contribution < -0.4 is 5.32 Å². The van der Waals surface area contributed by atoms with E-state index >= 15 is 0 Å². The van der Waals surface area contributed by atoms with E-state index in [0.29, 0.717) is 11.4 Å².